The van der Waals surface area contributed by atoms with Gasteiger partial charge in [-0.1, -0.05) is 13.8 Å². The van der Waals surface area contributed by atoms with Crippen molar-refractivity contribution in [3.05, 3.63) is 0 Å². The van der Waals surface area contributed by atoms with Crippen molar-refractivity contribution in [3.8, 4) is 0 Å². The van der Waals surface area contributed by atoms with Crippen LogP contribution in [0.25, 0.3) is 0 Å². The molecule has 0 bridgehead atoms. The Balaban J connectivity index is 3.95. The highest BCUT2D eigenvalue weighted by Gasteiger charge is 2.30. The van der Waals surface area contributed by atoms with Gasteiger partial charge in [-0.2, -0.15) is 0 Å². The van der Waals surface area contributed by atoms with Crippen LogP contribution < -0.4 is 11.2 Å². The predicted molar refractivity (Wildman–Crippen MR) is 43.1 cm³/mol. The molecule has 0 saturated carbocycles. The Labute approximate surface area is 71.5 Å². The molecule has 0 rings (SSSR count). The zero-order chi connectivity index (χ0) is 9.78. The molecule has 1 amide bonds. The number of aliphatic hydroxyl groups is 1. The van der Waals surface area contributed by atoms with Gasteiger partial charge in [-0.15, -0.1) is 0 Å². The van der Waals surface area contributed by atoms with Crippen LogP contribution >= 0.6 is 0 Å². The lowest BCUT2D eigenvalue weighted by molar-refractivity contribution is -0.149. The third-order valence-corrected chi connectivity index (χ3v) is 1.60. The highest BCUT2D eigenvalue weighted by Crippen LogP contribution is 2.11. The van der Waals surface area contributed by atoms with Crippen LogP contribution in [0.2, 0.25) is 0 Å². The smallest absolute Gasteiger partial charge is 0.290 e. The molecular weight excluding hydrogens is 160 g/mol. The van der Waals surface area contributed by atoms with Crippen LogP contribution in [0.4, 0.5) is 0 Å². The lowest BCUT2D eigenvalue weighted by Crippen LogP contribution is -2.53. The molecule has 0 saturated heterocycles. The highest BCUT2D eigenvalue weighted by atomic mass is 16.5. The number of amides is 1. The Bertz CT molecular complexity index is 157. The van der Waals surface area contributed by atoms with E-state index in [2.05, 4.69) is 0 Å². The molecule has 0 aliphatic carbocycles. The predicted octanol–water partition coefficient (Wildman–Crippen LogP) is -0.425. The fourth-order valence-electron chi connectivity index (χ4n) is 0.719. The maximum Gasteiger partial charge on any atom is 0.290 e. The fourth-order valence-corrected chi connectivity index (χ4v) is 0.719. The van der Waals surface area contributed by atoms with Crippen LogP contribution in [-0.4, -0.2) is 21.9 Å². The van der Waals surface area contributed by atoms with E-state index in [9.17, 15) is 9.90 Å². The average Bonchev–Trinajstić information content (AvgIpc) is 1.99. The van der Waals surface area contributed by atoms with Crippen LogP contribution in [0.1, 0.15) is 26.7 Å². The summed E-state index contributed by atoms with van der Waals surface area (Å²) >= 11 is 0. The molecule has 0 fully saturated rings. The van der Waals surface area contributed by atoms with Gasteiger partial charge in [0.25, 0.3) is 5.91 Å². The highest BCUT2D eigenvalue weighted by molar-refractivity contribution is 5.82. The summed E-state index contributed by atoms with van der Waals surface area (Å²) in [6.07, 6.45) is 0.761. The molecule has 0 spiro atoms. The number of rotatable bonds is 4. The number of nitrogens with two attached hydrogens (primary N) is 1. The maximum absolute atomic E-state index is 10.7. The number of hydroxylamine groups is 1. The van der Waals surface area contributed by atoms with Gasteiger partial charge in [-0.05, 0) is 18.8 Å². The summed E-state index contributed by atoms with van der Waals surface area (Å²) in [4.78, 5) is 10.7. The van der Waals surface area contributed by atoms with Gasteiger partial charge in [-0.3, -0.25) is 15.7 Å². The van der Waals surface area contributed by atoms with Crippen LogP contribution in [0.3, 0.4) is 0 Å². The normalized spacial score (nSPS) is 15.8. The quantitative estimate of drug-likeness (QED) is 0.265. The lowest BCUT2D eigenvalue weighted by Gasteiger charge is -2.20. The molecule has 0 aromatic rings. The SMILES string of the molecule is CC(C)CC[C@](N)(O)C(=O)NO. The molecule has 0 aliphatic rings. The van der Waals surface area contributed by atoms with Gasteiger partial charge in [0.05, 0.1) is 0 Å². The summed E-state index contributed by atoms with van der Waals surface area (Å²) in [6.45, 7) is 3.90. The molecule has 5 nitrogen and oxygen atoms in total. The summed E-state index contributed by atoms with van der Waals surface area (Å²) in [7, 11) is 0. The van der Waals surface area contributed by atoms with E-state index in [0.717, 1.165) is 0 Å². The zero-order valence-electron chi connectivity index (χ0n) is 7.37. The standard InChI is InChI=1S/C7H16N2O3/c1-5(2)3-4-7(8,11)6(10)9-12/h5,11-12H,3-4,8H2,1-2H3,(H,9,10)/t7-/m0/s1. The zero-order valence-corrected chi connectivity index (χ0v) is 7.37. The molecule has 1 atom stereocenters. The van der Waals surface area contributed by atoms with Crippen molar-refractivity contribution in [2.24, 2.45) is 11.7 Å². The molecule has 0 aromatic heterocycles. The van der Waals surface area contributed by atoms with Crippen LogP contribution in [0.15, 0.2) is 0 Å². The van der Waals surface area contributed by atoms with E-state index in [0.29, 0.717) is 12.3 Å². The molecule has 0 heterocycles. The second-order valence-electron chi connectivity index (χ2n) is 3.30. The molecular formula is C7H16N2O3. The Kier molecular flexibility index (Phi) is 4.16. The van der Waals surface area contributed by atoms with Crippen molar-refractivity contribution in [3.63, 3.8) is 0 Å². The van der Waals surface area contributed by atoms with Gasteiger partial charge in [0, 0.05) is 0 Å². The second kappa shape index (κ2) is 4.39. The second-order valence-corrected chi connectivity index (χ2v) is 3.30. The topological polar surface area (TPSA) is 95.6 Å². The third-order valence-electron chi connectivity index (χ3n) is 1.60. The first-order valence-corrected chi connectivity index (χ1v) is 3.86. The minimum atomic E-state index is -1.96. The average molecular weight is 176 g/mol. The number of nitrogens with one attached hydrogen (secondary N) is 1. The molecule has 5 heteroatoms. The van der Waals surface area contributed by atoms with E-state index in [4.69, 9.17) is 10.9 Å². The Morgan fingerprint density at radius 3 is 2.50 bits per heavy atom. The van der Waals surface area contributed by atoms with Gasteiger partial charge in [-0.25, -0.2) is 5.48 Å². The third kappa shape index (κ3) is 3.66. The number of carbonyl (C=O) groups is 1. The Hall–Kier alpha value is -0.650. The summed E-state index contributed by atoms with van der Waals surface area (Å²) in [5, 5.41) is 17.4. The van der Waals surface area contributed by atoms with Gasteiger partial charge in [0.1, 0.15) is 0 Å². The van der Waals surface area contributed by atoms with Crippen LogP contribution in [-0.2, 0) is 4.79 Å². The fraction of sp³-hybridized carbons (Fsp3) is 0.857. The minimum Gasteiger partial charge on any atom is -0.367 e. The van der Waals surface area contributed by atoms with Crippen molar-refractivity contribution in [2.75, 3.05) is 0 Å². The van der Waals surface area contributed by atoms with E-state index in [1.807, 2.05) is 13.8 Å². The van der Waals surface area contributed by atoms with Crippen molar-refractivity contribution >= 4 is 5.91 Å². The molecule has 0 aliphatic heterocycles. The summed E-state index contributed by atoms with van der Waals surface area (Å²) in [6, 6.07) is 0. The summed E-state index contributed by atoms with van der Waals surface area (Å²) in [5.41, 5.74) is 4.56. The number of hydrogen-bond acceptors (Lipinski definition) is 4. The monoisotopic (exact) mass is 176 g/mol. The van der Waals surface area contributed by atoms with E-state index in [1.165, 1.54) is 5.48 Å². The van der Waals surface area contributed by atoms with E-state index >= 15 is 0 Å². The van der Waals surface area contributed by atoms with Crippen molar-refractivity contribution in [2.45, 2.75) is 32.4 Å². The van der Waals surface area contributed by atoms with Crippen LogP contribution in [0.5, 0.6) is 0 Å². The number of hydrogen-bond donors (Lipinski definition) is 4. The molecule has 72 valence electrons. The summed E-state index contributed by atoms with van der Waals surface area (Å²) in [5.74, 6) is -0.616. The largest absolute Gasteiger partial charge is 0.367 e. The van der Waals surface area contributed by atoms with Gasteiger partial charge in [0.15, 0.2) is 5.72 Å². The van der Waals surface area contributed by atoms with Crippen molar-refractivity contribution in [1.82, 2.24) is 5.48 Å². The number of carbonyl (C=O) groups excluding carboxylic acids is 1. The molecule has 0 radical (unpaired) electrons. The van der Waals surface area contributed by atoms with E-state index in [1.54, 1.807) is 0 Å². The molecule has 5 N–H and O–H groups in total. The molecule has 0 aromatic carbocycles. The lowest BCUT2D eigenvalue weighted by atomic mass is 10.0. The van der Waals surface area contributed by atoms with Gasteiger partial charge >= 0.3 is 0 Å². The molecule has 12 heavy (non-hydrogen) atoms. The van der Waals surface area contributed by atoms with Crippen LogP contribution in [0, 0.1) is 5.92 Å². The Morgan fingerprint density at radius 1 is 1.67 bits per heavy atom. The van der Waals surface area contributed by atoms with Crippen molar-refractivity contribution < 1.29 is 15.1 Å². The van der Waals surface area contributed by atoms with Gasteiger partial charge in [0.2, 0.25) is 0 Å². The van der Waals surface area contributed by atoms with Crippen molar-refractivity contribution in [1.29, 1.82) is 0 Å². The first-order chi connectivity index (χ1) is 5.40. The summed E-state index contributed by atoms with van der Waals surface area (Å²) < 4.78 is 0. The van der Waals surface area contributed by atoms with E-state index < -0.39 is 11.6 Å². The van der Waals surface area contributed by atoms with E-state index in [-0.39, 0.29) is 6.42 Å². The Morgan fingerprint density at radius 2 is 2.17 bits per heavy atom. The first kappa shape index (κ1) is 11.4. The minimum absolute atomic E-state index is 0.136. The first-order valence-electron chi connectivity index (χ1n) is 3.86. The maximum atomic E-state index is 10.7. The van der Waals surface area contributed by atoms with Gasteiger partial charge < -0.3 is 5.11 Å². The molecule has 0 unspecified atom stereocenters.